The molecule has 0 aromatic heterocycles. The molecule has 0 saturated heterocycles. The van der Waals surface area contributed by atoms with Gasteiger partial charge in [-0.2, -0.15) is 0 Å². The molecule has 2 N–H and O–H groups in total. The van der Waals surface area contributed by atoms with Crippen molar-refractivity contribution in [3.05, 3.63) is 59.2 Å². The molecule has 0 spiro atoms. The van der Waals surface area contributed by atoms with Gasteiger partial charge in [-0.25, -0.2) is 13.1 Å². The lowest BCUT2D eigenvalue weighted by atomic mass is 10.1. The maximum atomic E-state index is 12.4. The highest BCUT2D eigenvalue weighted by Crippen LogP contribution is 2.25. The highest BCUT2D eigenvalue weighted by molar-refractivity contribution is 7.89. The number of nitrogens with one attached hydrogen (secondary N) is 2. The molecule has 1 unspecified atom stereocenters. The second-order valence-electron chi connectivity index (χ2n) is 6.75. The molecule has 0 heterocycles. The van der Waals surface area contributed by atoms with Gasteiger partial charge in [0.25, 0.3) is 5.91 Å². The summed E-state index contributed by atoms with van der Waals surface area (Å²) in [7, 11) is -3.56. The van der Waals surface area contributed by atoms with Gasteiger partial charge in [0.05, 0.1) is 4.90 Å². The number of hydrogen-bond acceptors (Lipinski definition) is 3. The number of carbonyl (C=O) groups is 1. The average Bonchev–Trinajstić information content (AvgIpc) is 3.09. The third kappa shape index (κ3) is 4.14. The Bertz CT molecular complexity index is 905. The molecule has 6 heteroatoms. The largest absolute Gasteiger partial charge is 0.322 e. The number of fused-ring (bicyclic) bond motifs is 1. The van der Waals surface area contributed by atoms with Crippen molar-refractivity contribution in [3.8, 4) is 0 Å². The SMILES string of the molecule is CCC(C)NS(=O)(=O)c1ccc(C(=O)Nc2ccc3c(c2)CCC3)cc1. The first-order valence-electron chi connectivity index (χ1n) is 8.94. The van der Waals surface area contributed by atoms with Crippen LogP contribution in [0.3, 0.4) is 0 Å². The van der Waals surface area contributed by atoms with Crippen LogP contribution >= 0.6 is 0 Å². The molecule has 0 aliphatic heterocycles. The number of aryl methyl sites for hydroxylation is 2. The Morgan fingerprint density at radius 1 is 1.08 bits per heavy atom. The molecular weight excluding hydrogens is 348 g/mol. The van der Waals surface area contributed by atoms with E-state index in [0.29, 0.717) is 12.0 Å². The molecule has 2 aromatic rings. The average molecular weight is 372 g/mol. The fourth-order valence-electron chi connectivity index (χ4n) is 3.05. The van der Waals surface area contributed by atoms with Gasteiger partial charge in [-0.15, -0.1) is 0 Å². The first kappa shape index (κ1) is 18.6. The number of hydrogen-bond donors (Lipinski definition) is 2. The lowest BCUT2D eigenvalue weighted by Gasteiger charge is -2.12. The molecule has 1 atom stereocenters. The van der Waals surface area contributed by atoms with Gasteiger partial charge in [0, 0.05) is 17.3 Å². The molecule has 3 rings (SSSR count). The molecule has 1 aliphatic carbocycles. The van der Waals surface area contributed by atoms with Crippen LogP contribution in [0.2, 0.25) is 0 Å². The summed E-state index contributed by atoms with van der Waals surface area (Å²) in [6.07, 6.45) is 4.02. The molecule has 0 bridgehead atoms. The third-order valence-electron chi connectivity index (χ3n) is 4.75. The van der Waals surface area contributed by atoms with E-state index >= 15 is 0 Å². The molecule has 1 amide bonds. The highest BCUT2D eigenvalue weighted by Gasteiger charge is 2.17. The van der Waals surface area contributed by atoms with Crippen LogP contribution in [0, 0.1) is 0 Å². The van der Waals surface area contributed by atoms with Crippen molar-refractivity contribution in [3.63, 3.8) is 0 Å². The number of benzene rings is 2. The van der Waals surface area contributed by atoms with Crippen molar-refractivity contribution in [1.29, 1.82) is 0 Å². The lowest BCUT2D eigenvalue weighted by molar-refractivity contribution is 0.102. The van der Waals surface area contributed by atoms with Crippen LogP contribution in [-0.4, -0.2) is 20.4 Å². The van der Waals surface area contributed by atoms with Crippen LogP contribution < -0.4 is 10.0 Å². The predicted molar refractivity (Wildman–Crippen MR) is 103 cm³/mol. The first-order valence-corrected chi connectivity index (χ1v) is 10.4. The maximum absolute atomic E-state index is 12.4. The van der Waals surface area contributed by atoms with Gasteiger partial charge in [0.15, 0.2) is 0 Å². The minimum atomic E-state index is -3.56. The lowest BCUT2D eigenvalue weighted by Crippen LogP contribution is -2.32. The fraction of sp³-hybridized carbons (Fsp3) is 0.350. The predicted octanol–water partition coefficient (Wildman–Crippen LogP) is 3.50. The second kappa shape index (κ2) is 7.60. The molecule has 0 fully saturated rings. The van der Waals surface area contributed by atoms with Gasteiger partial charge in [-0.1, -0.05) is 13.0 Å². The highest BCUT2D eigenvalue weighted by atomic mass is 32.2. The van der Waals surface area contributed by atoms with Gasteiger partial charge in [0.2, 0.25) is 10.0 Å². The molecule has 26 heavy (non-hydrogen) atoms. The smallest absolute Gasteiger partial charge is 0.255 e. The summed E-state index contributed by atoms with van der Waals surface area (Å²) < 4.78 is 27.1. The van der Waals surface area contributed by atoms with Crippen molar-refractivity contribution in [2.75, 3.05) is 5.32 Å². The summed E-state index contributed by atoms with van der Waals surface area (Å²) in [5, 5.41) is 2.88. The van der Waals surface area contributed by atoms with Gasteiger partial charge >= 0.3 is 0 Å². The van der Waals surface area contributed by atoms with Crippen LogP contribution in [0.5, 0.6) is 0 Å². The van der Waals surface area contributed by atoms with Crippen LogP contribution in [0.25, 0.3) is 0 Å². The van der Waals surface area contributed by atoms with Crippen molar-refractivity contribution >= 4 is 21.6 Å². The zero-order chi connectivity index (χ0) is 18.7. The van der Waals surface area contributed by atoms with Gasteiger partial charge in [-0.05, 0) is 80.1 Å². The quantitative estimate of drug-likeness (QED) is 0.815. The van der Waals surface area contributed by atoms with Crippen LogP contribution in [0.15, 0.2) is 47.4 Å². The van der Waals surface area contributed by atoms with Crippen molar-refractivity contribution in [1.82, 2.24) is 4.72 Å². The Morgan fingerprint density at radius 2 is 1.77 bits per heavy atom. The number of sulfonamides is 1. The molecule has 1 aliphatic rings. The number of amides is 1. The topological polar surface area (TPSA) is 75.3 Å². The van der Waals surface area contributed by atoms with E-state index in [1.54, 1.807) is 0 Å². The Hall–Kier alpha value is -2.18. The Kier molecular flexibility index (Phi) is 5.44. The van der Waals surface area contributed by atoms with E-state index in [1.165, 1.54) is 35.4 Å². The Morgan fingerprint density at radius 3 is 2.46 bits per heavy atom. The number of anilines is 1. The molecular formula is C20H24N2O3S. The summed E-state index contributed by atoms with van der Waals surface area (Å²) in [6, 6.07) is 11.9. The van der Waals surface area contributed by atoms with Crippen LogP contribution in [0.4, 0.5) is 5.69 Å². The minimum Gasteiger partial charge on any atom is -0.322 e. The summed E-state index contributed by atoms with van der Waals surface area (Å²) in [5.41, 5.74) is 3.84. The molecule has 0 saturated carbocycles. The zero-order valence-electron chi connectivity index (χ0n) is 15.1. The van der Waals surface area contributed by atoms with E-state index < -0.39 is 10.0 Å². The van der Waals surface area contributed by atoms with Crippen molar-refractivity contribution in [2.45, 2.75) is 50.5 Å². The molecule has 138 valence electrons. The summed E-state index contributed by atoms with van der Waals surface area (Å²) in [5.74, 6) is -0.248. The zero-order valence-corrected chi connectivity index (χ0v) is 15.9. The van der Waals surface area contributed by atoms with Gasteiger partial charge < -0.3 is 5.32 Å². The van der Waals surface area contributed by atoms with Crippen LogP contribution in [-0.2, 0) is 22.9 Å². The van der Waals surface area contributed by atoms with E-state index in [9.17, 15) is 13.2 Å². The minimum absolute atomic E-state index is 0.136. The maximum Gasteiger partial charge on any atom is 0.255 e. The number of carbonyl (C=O) groups excluding carboxylic acids is 1. The third-order valence-corrected chi connectivity index (χ3v) is 6.36. The van der Waals surface area contributed by atoms with E-state index in [-0.39, 0.29) is 16.8 Å². The summed E-state index contributed by atoms with van der Waals surface area (Å²) in [6.45, 7) is 3.73. The normalized spacial score (nSPS) is 14.7. The Labute approximate surface area is 154 Å². The second-order valence-corrected chi connectivity index (χ2v) is 8.46. The van der Waals surface area contributed by atoms with Crippen molar-refractivity contribution < 1.29 is 13.2 Å². The monoisotopic (exact) mass is 372 g/mol. The standard InChI is InChI=1S/C20H24N2O3S/c1-3-14(2)22-26(24,25)19-11-8-16(9-12-19)20(23)21-18-10-7-15-5-4-6-17(15)13-18/h7-14,22H,3-6H2,1-2H3,(H,21,23). The fourth-order valence-corrected chi connectivity index (χ4v) is 4.38. The molecule has 0 radical (unpaired) electrons. The van der Waals surface area contributed by atoms with E-state index in [4.69, 9.17) is 0 Å². The number of rotatable bonds is 6. The Balaban J connectivity index is 1.71. The summed E-state index contributed by atoms with van der Waals surface area (Å²) in [4.78, 5) is 12.6. The van der Waals surface area contributed by atoms with E-state index in [0.717, 1.165) is 24.9 Å². The van der Waals surface area contributed by atoms with Crippen molar-refractivity contribution in [2.24, 2.45) is 0 Å². The van der Waals surface area contributed by atoms with Crippen LogP contribution in [0.1, 0.15) is 48.2 Å². The van der Waals surface area contributed by atoms with E-state index in [2.05, 4.69) is 16.1 Å². The van der Waals surface area contributed by atoms with E-state index in [1.807, 2.05) is 26.0 Å². The molecule has 2 aromatic carbocycles. The van der Waals surface area contributed by atoms with Gasteiger partial charge in [-0.3, -0.25) is 4.79 Å². The first-order chi connectivity index (χ1) is 12.4. The summed E-state index contributed by atoms with van der Waals surface area (Å²) >= 11 is 0. The molecule has 5 nitrogen and oxygen atoms in total. The van der Waals surface area contributed by atoms with Gasteiger partial charge in [0.1, 0.15) is 0 Å².